The van der Waals surface area contributed by atoms with Crippen LogP contribution in [-0.2, 0) is 19.4 Å². The predicted octanol–water partition coefficient (Wildman–Crippen LogP) is 0.942. The van der Waals surface area contributed by atoms with Crippen LogP contribution < -0.4 is 10.1 Å². The van der Waals surface area contributed by atoms with Crippen molar-refractivity contribution in [1.82, 2.24) is 10.2 Å². The molecule has 1 aromatic carbocycles. The predicted molar refractivity (Wildman–Crippen MR) is 99.1 cm³/mol. The van der Waals surface area contributed by atoms with Crippen LogP contribution in [0.3, 0.4) is 0 Å². The fraction of sp³-hybridized carbons (Fsp3) is 0.611. The Morgan fingerprint density at radius 2 is 2.04 bits per heavy atom. The monoisotopic (exact) mass is 384 g/mol. The van der Waals surface area contributed by atoms with Gasteiger partial charge < -0.3 is 14.8 Å². The molecule has 0 spiro atoms. The number of morpholine rings is 1. The van der Waals surface area contributed by atoms with Crippen LogP contribution in [0.15, 0.2) is 29.2 Å². The van der Waals surface area contributed by atoms with Crippen molar-refractivity contribution in [3.05, 3.63) is 24.3 Å². The van der Waals surface area contributed by atoms with Crippen molar-refractivity contribution in [2.24, 2.45) is 5.92 Å². The Bertz CT molecular complexity index is 688. The summed E-state index contributed by atoms with van der Waals surface area (Å²) in [6.07, 6.45) is 1.13. The van der Waals surface area contributed by atoms with E-state index in [2.05, 4.69) is 24.1 Å². The number of ether oxygens (including phenoxy) is 2. The first kappa shape index (κ1) is 20.7. The number of amides is 1. The lowest BCUT2D eigenvalue weighted by molar-refractivity contribution is -0.124. The normalized spacial score (nSPS) is 18.7. The third kappa shape index (κ3) is 6.93. The Labute approximate surface area is 155 Å². The van der Waals surface area contributed by atoms with E-state index >= 15 is 0 Å². The third-order valence-electron chi connectivity index (χ3n) is 3.99. The van der Waals surface area contributed by atoms with Crippen LogP contribution in [0.1, 0.15) is 13.8 Å². The molecule has 0 aromatic heterocycles. The van der Waals surface area contributed by atoms with Gasteiger partial charge in [-0.3, -0.25) is 9.69 Å². The maximum absolute atomic E-state index is 11.9. The van der Waals surface area contributed by atoms with Gasteiger partial charge in [0.15, 0.2) is 16.4 Å². The molecule has 1 amide bonds. The van der Waals surface area contributed by atoms with Crippen LogP contribution in [0.2, 0.25) is 0 Å². The second kappa shape index (κ2) is 9.34. The van der Waals surface area contributed by atoms with Crippen LogP contribution >= 0.6 is 0 Å². The number of nitrogens with one attached hydrogen (secondary N) is 1. The highest BCUT2D eigenvalue weighted by Gasteiger charge is 2.21. The standard InChI is InChI=1S/C18H28N2O5S/c1-14(2)11-20-8-9-24-16(12-20)10-19-18(21)13-25-15-4-6-17(7-5-15)26(3,22)23/h4-7,14,16H,8-13H2,1-3H3,(H,19,21). The third-order valence-corrected chi connectivity index (χ3v) is 5.12. The van der Waals surface area contributed by atoms with Gasteiger partial charge in [0, 0.05) is 32.4 Å². The van der Waals surface area contributed by atoms with Gasteiger partial charge in [0.25, 0.3) is 5.91 Å². The van der Waals surface area contributed by atoms with Crippen LogP contribution in [-0.4, -0.2) is 71.0 Å². The topological polar surface area (TPSA) is 84.9 Å². The van der Waals surface area contributed by atoms with E-state index in [0.29, 0.717) is 24.8 Å². The van der Waals surface area contributed by atoms with Crippen molar-refractivity contribution in [3.63, 3.8) is 0 Å². The lowest BCUT2D eigenvalue weighted by Crippen LogP contribution is -2.48. The molecule has 2 rings (SSSR count). The Hall–Kier alpha value is -1.64. The number of carbonyl (C=O) groups excluding carboxylic acids is 1. The van der Waals surface area contributed by atoms with E-state index in [4.69, 9.17) is 9.47 Å². The molecule has 7 nitrogen and oxygen atoms in total. The molecule has 1 atom stereocenters. The van der Waals surface area contributed by atoms with Crippen molar-refractivity contribution in [2.45, 2.75) is 24.8 Å². The van der Waals surface area contributed by atoms with Gasteiger partial charge in [-0.2, -0.15) is 0 Å². The highest BCUT2D eigenvalue weighted by Crippen LogP contribution is 2.15. The highest BCUT2D eigenvalue weighted by atomic mass is 32.2. The van der Waals surface area contributed by atoms with Crippen molar-refractivity contribution < 1.29 is 22.7 Å². The van der Waals surface area contributed by atoms with Crippen LogP contribution in [0.4, 0.5) is 0 Å². The first-order valence-corrected chi connectivity index (χ1v) is 10.7. The summed E-state index contributed by atoms with van der Waals surface area (Å²) >= 11 is 0. The highest BCUT2D eigenvalue weighted by molar-refractivity contribution is 7.90. The molecule has 1 saturated heterocycles. The summed E-state index contributed by atoms with van der Waals surface area (Å²) in [7, 11) is -3.24. The zero-order chi connectivity index (χ0) is 19.2. The molecule has 0 saturated carbocycles. The van der Waals surface area contributed by atoms with E-state index in [9.17, 15) is 13.2 Å². The van der Waals surface area contributed by atoms with E-state index in [-0.39, 0.29) is 23.5 Å². The van der Waals surface area contributed by atoms with E-state index in [0.717, 1.165) is 25.9 Å². The molecule has 146 valence electrons. The maximum Gasteiger partial charge on any atom is 0.258 e. The summed E-state index contributed by atoms with van der Waals surface area (Å²) in [5.41, 5.74) is 0. The van der Waals surface area contributed by atoms with Crippen molar-refractivity contribution >= 4 is 15.7 Å². The van der Waals surface area contributed by atoms with Gasteiger partial charge in [-0.25, -0.2) is 8.42 Å². The summed E-state index contributed by atoms with van der Waals surface area (Å²) in [6, 6.07) is 6.00. The summed E-state index contributed by atoms with van der Waals surface area (Å²) < 4.78 is 33.9. The molecule has 1 fully saturated rings. The van der Waals surface area contributed by atoms with Crippen LogP contribution in [0.25, 0.3) is 0 Å². The number of carbonyl (C=O) groups is 1. The lowest BCUT2D eigenvalue weighted by atomic mass is 10.2. The average Bonchev–Trinajstić information content (AvgIpc) is 2.57. The summed E-state index contributed by atoms with van der Waals surface area (Å²) in [4.78, 5) is 14.5. The number of rotatable bonds is 8. The Morgan fingerprint density at radius 3 is 2.65 bits per heavy atom. The van der Waals surface area contributed by atoms with Crippen LogP contribution in [0, 0.1) is 5.92 Å². The molecular formula is C18H28N2O5S. The Kier molecular flexibility index (Phi) is 7.43. The average molecular weight is 384 g/mol. The molecule has 1 unspecified atom stereocenters. The molecule has 1 aliphatic rings. The Morgan fingerprint density at radius 1 is 1.35 bits per heavy atom. The number of hydrogen-bond acceptors (Lipinski definition) is 6. The van der Waals surface area contributed by atoms with Crippen LogP contribution in [0.5, 0.6) is 5.75 Å². The molecule has 1 aromatic rings. The zero-order valence-electron chi connectivity index (χ0n) is 15.6. The molecule has 8 heteroatoms. The minimum absolute atomic E-state index is 0.0134. The van der Waals surface area contributed by atoms with Crippen molar-refractivity contribution in [1.29, 1.82) is 0 Å². The second-order valence-corrected chi connectivity index (χ2v) is 9.00. The maximum atomic E-state index is 11.9. The fourth-order valence-corrected chi connectivity index (χ4v) is 3.43. The molecule has 1 aliphatic heterocycles. The van der Waals surface area contributed by atoms with Gasteiger partial charge in [0.1, 0.15) is 5.75 Å². The molecule has 0 radical (unpaired) electrons. The summed E-state index contributed by atoms with van der Waals surface area (Å²) in [6.45, 7) is 8.14. The van der Waals surface area contributed by atoms with Gasteiger partial charge in [-0.05, 0) is 30.2 Å². The smallest absolute Gasteiger partial charge is 0.258 e. The quantitative estimate of drug-likeness (QED) is 0.718. The first-order valence-electron chi connectivity index (χ1n) is 8.77. The molecule has 1 N–H and O–H groups in total. The summed E-state index contributed by atoms with van der Waals surface area (Å²) in [5.74, 6) is 0.817. The number of nitrogens with zero attached hydrogens (tertiary/aromatic N) is 1. The van der Waals surface area contributed by atoms with E-state index in [1.165, 1.54) is 24.3 Å². The molecule has 26 heavy (non-hydrogen) atoms. The molecule has 0 bridgehead atoms. The molecule has 1 heterocycles. The van der Waals surface area contributed by atoms with Gasteiger partial charge in [0.05, 0.1) is 17.6 Å². The van der Waals surface area contributed by atoms with Gasteiger partial charge in [0.2, 0.25) is 0 Å². The van der Waals surface area contributed by atoms with Crippen molar-refractivity contribution in [3.8, 4) is 5.75 Å². The van der Waals surface area contributed by atoms with Crippen molar-refractivity contribution in [2.75, 3.05) is 45.6 Å². The fourth-order valence-electron chi connectivity index (χ4n) is 2.80. The van der Waals surface area contributed by atoms with Gasteiger partial charge in [-0.1, -0.05) is 13.8 Å². The lowest BCUT2D eigenvalue weighted by Gasteiger charge is -2.33. The molecular weight excluding hydrogens is 356 g/mol. The number of sulfone groups is 1. The Balaban J connectivity index is 1.72. The van der Waals surface area contributed by atoms with E-state index in [1.54, 1.807) is 0 Å². The minimum Gasteiger partial charge on any atom is -0.484 e. The minimum atomic E-state index is -3.24. The van der Waals surface area contributed by atoms with E-state index < -0.39 is 9.84 Å². The number of hydrogen-bond donors (Lipinski definition) is 1. The zero-order valence-corrected chi connectivity index (χ0v) is 16.4. The number of benzene rings is 1. The SMILES string of the molecule is CC(C)CN1CCOC(CNC(=O)COc2ccc(S(C)(=O)=O)cc2)C1. The van der Waals surface area contributed by atoms with E-state index in [1.807, 2.05) is 0 Å². The largest absolute Gasteiger partial charge is 0.484 e. The first-order chi connectivity index (χ1) is 12.2. The summed E-state index contributed by atoms with van der Waals surface area (Å²) in [5, 5.41) is 2.82. The van der Waals surface area contributed by atoms with Gasteiger partial charge in [-0.15, -0.1) is 0 Å². The van der Waals surface area contributed by atoms with Gasteiger partial charge >= 0.3 is 0 Å². The molecule has 0 aliphatic carbocycles. The second-order valence-electron chi connectivity index (χ2n) is 6.98.